The number of unbranched alkanes of at least 4 members (excludes halogenated alkanes) is 16. The third kappa shape index (κ3) is 32.8. The minimum absolute atomic E-state index is 0. The third-order valence-electron chi connectivity index (χ3n) is 7.36. The van der Waals surface area contributed by atoms with Crippen LogP contribution in [0.3, 0.4) is 0 Å². The molecule has 0 saturated carbocycles. The zero-order valence-electron chi connectivity index (χ0n) is 30.6. The van der Waals surface area contributed by atoms with E-state index < -0.39 is 79.4 Å². The molecule has 0 bridgehead atoms. The normalized spacial score (nSPS) is 12.1. The van der Waals surface area contributed by atoms with Gasteiger partial charge in [0.15, 0.2) is 10.5 Å². The van der Waals surface area contributed by atoms with E-state index in [1.54, 1.807) is 0 Å². The fourth-order valence-electron chi connectivity index (χ4n) is 4.56. The van der Waals surface area contributed by atoms with Crippen molar-refractivity contribution in [1.29, 1.82) is 0 Å². The van der Waals surface area contributed by atoms with E-state index in [1.807, 2.05) is 0 Å². The van der Waals surface area contributed by atoms with Crippen LogP contribution in [0.5, 0.6) is 0 Å². The second kappa shape index (κ2) is 32.6. The first-order valence-corrected chi connectivity index (χ1v) is 20.2. The minimum Gasteiger partial charge on any atom is -0.481 e. The molecule has 0 fully saturated rings. The first kappa shape index (κ1) is 55.7. The van der Waals surface area contributed by atoms with Gasteiger partial charge in [-0.05, 0) is 12.8 Å². The van der Waals surface area contributed by atoms with Gasteiger partial charge in [0, 0.05) is 12.8 Å². The molecule has 308 valence electrons. The number of carbonyl (C=O) groups is 6. The predicted octanol–water partition coefficient (Wildman–Crippen LogP) is 5.74. The highest BCUT2D eigenvalue weighted by molar-refractivity contribution is 7.87. The lowest BCUT2D eigenvalue weighted by Crippen LogP contribution is -2.35. The molecule has 0 aromatic heterocycles. The number of carbonyl (C=O) groups excluding carboxylic acids is 4. The maximum Gasteiger partial charge on any atom is 0.335 e. The second-order valence-corrected chi connectivity index (χ2v) is 15.1. The van der Waals surface area contributed by atoms with Gasteiger partial charge in [0.25, 0.3) is 20.2 Å². The molecule has 0 aliphatic carbocycles. The van der Waals surface area contributed by atoms with Gasteiger partial charge in [0.2, 0.25) is 0 Å². The molecule has 0 spiro atoms. The van der Waals surface area contributed by atoms with Crippen molar-refractivity contribution in [2.45, 2.75) is 166 Å². The first-order valence-electron chi connectivity index (χ1n) is 17.2. The molecule has 0 radical (unpaired) electrons. The molecule has 2 unspecified atom stereocenters. The summed E-state index contributed by atoms with van der Waals surface area (Å²) in [6, 6.07) is 0. The van der Waals surface area contributed by atoms with E-state index in [2.05, 4.69) is 23.3 Å². The lowest BCUT2D eigenvalue weighted by Gasteiger charge is -2.10. The van der Waals surface area contributed by atoms with E-state index >= 15 is 0 Å². The highest BCUT2D eigenvalue weighted by Crippen LogP contribution is 2.14. The Hall–Kier alpha value is -3.04. The van der Waals surface area contributed by atoms with Gasteiger partial charge >= 0.3 is 35.8 Å². The first-order chi connectivity index (χ1) is 23.4. The second-order valence-electron chi connectivity index (χ2n) is 11.9. The van der Waals surface area contributed by atoms with Crippen LogP contribution in [0.1, 0.15) is 155 Å². The van der Waals surface area contributed by atoms with Crippen LogP contribution in [0, 0.1) is 0 Å². The Kier molecular flexibility index (Phi) is 34.9. The van der Waals surface area contributed by atoms with Crippen molar-refractivity contribution in [3.63, 3.8) is 0 Å². The van der Waals surface area contributed by atoms with Crippen LogP contribution in [-0.4, -0.2) is 82.5 Å². The maximum atomic E-state index is 11.6. The van der Waals surface area contributed by atoms with E-state index in [4.69, 9.17) is 19.3 Å². The average molecular weight is 795 g/mol. The summed E-state index contributed by atoms with van der Waals surface area (Å²) in [5.74, 6) is -8.19. The zero-order chi connectivity index (χ0) is 38.6. The third-order valence-corrected chi connectivity index (χ3v) is 9.52. The molecule has 0 saturated heterocycles. The Labute approximate surface area is 307 Å². The van der Waals surface area contributed by atoms with Gasteiger partial charge < -0.3 is 32.0 Å². The van der Waals surface area contributed by atoms with Crippen molar-refractivity contribution in [3.8, 4) is 0 Å². The highest BCUT2D eigenvalue weighted by atomic mass is 32.2. The molecule has 0 rings (SSSR count). The van der Waals surface area contributed by atoms with Crippen molar-refractivity contribution < 1.29 is 74.4 Å². The van der Waals surface area contributed by atoms with Gasteiger partial charge in [-0.1, -0.05) is 117 Å². The lowest BCUT2D eigenvalue weighted by atomic mass is 10.1. The van der Waals surface area contributed by atoms with Crippen LogP contribution in [0.15, 0.2) is 0 Å². The van der Waals surface area contributed by atoms with Crippen molar-refractivity contribution >= 4 is 56.1 Å². The summed E-state index contributed by atoms with van der Waals surface area (Å²) in [6.45, 7) is 4.31. The minimum atomic E-state index is -4.95. The van der Waals surface area contributed by atoms with Crippen LogP contribution < -0.4 is 12.3 Å². The molecule has 52 heavy (non-hydrogen) atoms. The maximum absolute atomic E-state index is 11.6. The van der Waals surface area contributed by atoms with Gasteiger partial charge in [-0.15, -0.1) is 0 Å². The number of hydrogen-bond donors (Lipinski definition) is 6. The van der Waals surface area contributed by atoms with Gasteiger partial charge in [-0.2, -0.15) is 16.8 Å². The highest BCUT2D eigenvalue weighted by Gasteiger charge is 2.37. The topological polar surface area (TPSA) is 340 Å². The predicted molar refractivity (Wildman–Crippen MR) is 191 cm³/mol. The Morgan fingerprint density at radius 1 is 0.462 bits per heavy atom. The average Bonchev–Trinajstić information content (AvgIpc) is 2.99. The van der Waals surface area contributed by atoms with Gasteiger partial charge in [-0.25, -0.2) is 0 Å². The fraction of sp³-hybridized carbons (Fsp3) is 0.812. The van der Waals surface area contributed by atoms with Crippen LogP contribution in [0.4, 0.5) is 0 Å². The smallest absolute Gasteiger partial charge is 0.335 e. The van der Waals surface area contributed by atoms with Crippen molar-refractivity contribution in [2.24, 2.45) is 0 Å². The van der Waals surface area contributed by atoms with E-state index in [9.17, 15) is 45.6 Å². The zero-order valence-corrected chi connectivity index (χ0v) is 32.3. The quantitative estimate of drug-likeness (QED) is 0.0238. The summed E-state index contributed by atoms with van der Waals surface area (Å²) in [5, 5.41) is 12.5. The number of aliphatic carboxylic acids is 2. The van der Waals surface area contributed by atoms with Gasteiger partial charge in [0.05, 0.1) is 12.8 Å². The SMILES string of the molecule is CCCCCCCCCCCC(=O)OC(=O)C(CC(=O)O)S(=O)(=O)O.CCCCCCCCCCCC(=O)OC(=O)C(CC(=O)O)S(=O)(=O)O.N.N. The number of carboxylic acid groups (broad SMARTS) is 2. The molecule has 0 aromatic carbocycles. The molecular weight excluding hydrogens is 732 g/mol. The Morgan fingerprint density at radius 2 is 0.692 bits per heavy atom. The van der Waals surface area contributed by atoms with Crippen LogP contribution in [-0.2, 0) is 58.5 Å². The number of hydrogen-bond acceptors (Lipinski definition) is 14. The van der Waals surface area contributed by atoms with E-state index in [0.717, 1.165) is 51.4 Å². The summed E-state index contributed by atoms with van der Waals surface area (Å²) in [6.07, 6.45) is 16.2. The number of carboxylic acids is 2. The van der Waals surface area contributed by atoms with Crippen LogP contribution >= 0.6 is 0 Å². The van der Waals surface area contributed by atoms with Crippen molar-refractivity contribution in [3.05, 3.63) is 0 Å². The summed E-state index contributed by atoms with van der Waals surface area (Å²) in [4.78, 5) is 67.2. The van der Waals surface area contributed by atoms with Crippen LogP contribution in [0.25, 0.3) is 0 Å². The van der Waals surface area contributed by atoms with Gasteiger partial charge in [-0.3, -0.25) is 37.9 Å². The van der Waals surface area contributed by atoms with Crippen molar-refractivity contribution in [2.75, 3.05) is 0 Å². The largest absolute Gasteiger partial charge is 0.481 e. The van der Waals surface area contributed by atoms with E-state index in [0.29, 0.717) is 12.8 Å². The number of ether oxygens (including phenoxy) is 2. The molecule has 10 N–H and O–H groups in total. The molecule has 0 aromatic rings. The molecule has 0 heterocycles. The molecule has 0 aliphatic heterocycles. The Bertz CT molecular complexity index is 1160. The Balaban J connectivity index is -0.000000427. The summed E-state index contributed by atoms with van der Waals surface area (Å²) >= 11 is 0. The lowest BCUT2D eigenvalue weighted by molar-refractivity contribution is -0.162. The van der Waals surface area contributed by atoms with Crippen LogP contribution in [0.2, 0.25) is 0 Å². The fourth-order valence-corrected chi connectivity index (χ4v) is 5.84. The summed E-state index contributed by atoms with van der Waals surface area (Å²) in [5.41, 5.74) is 0. The molecule has 20 heteroatoms. The van der Waals surface area contributed by atoms with E-state index in [-0.39, 0.29) is 25.1 Å². The number of esters is 4. The van der Waals surface area contributed by atoms with Crippen molar-refractivity contribution in [1.82, 2.24) is 12.3 Å². The Morgan fingerprint density at radius 3 is 0.904 bits per heavy atom. The standard InChI is InChI=1S/2C16H28O8S.2H3N/c2*1-2-3-4-5-6-7-8-9-10-11-15(19)24-16(20)13(12-14(17)18)25(21,22)23;;/h2*13H,2-12H2,1H3,(H,17,18)(H,21,22,23);2*1H3. The summed E-state index contributed by atoms with van der Waals surface area (Å²) < 4.78 is 70.4. The molecule has 0 aliphatic rings. The molecule has 18 nitrogen and oxygen atoms in total. The van der Waals surface area contributed by atoms with E-state index in [1.165, 1.54) is 51.4 Å². The number of rotatable bonds is 28. The molecular formula is C32H62N2O16S2. The molecule has 0 amide bonds. The monoisotopic (exact) mass is 794 g/mol. The van der Waals surface area contributed by atoms with Gasteiger partial charge in [0.1, 0.15) is 0 Å². The molecule has 2 atom stereocenters. The summed E-state index contributed by atoms with van der Waals surface area (Å²) in [7, 11) is -9.91.